The quantitative estimate of drug-likeness (QED) is 0.624. The van der Waals surface area contributed by atoms with E-state index in [1.165, 1.54) is 17.7 Å². The molecule has 0 aliphatic carbocycles. The summed E-state index contributed by atoms with van der Waals surface area (Å²) >= 11 is 0. The van der Waals surface area contributed by atoms with Gasteiger partial charge in [-0.15, -0.1) is 0 Å². The normalized spacial score (nSPS) is 15.4. The maximum Gasteiger partial charge on any atom is 0.246 e. The molecule has 1 aliphatic heterocycles. The lowest BCUT2D eigenvalue weighted by molar-refractivity contribution is 0.373. The highest BCUT2D eigenvalue weighted by atomic mass is 32.2. The second-order valence-electron chi connectivity index (χ2n) is 6.73. The first-order valence-corrected chi connectivity index (χ1v) is 10.6. The van der Waals surface area contributed by atoms with Crippen LogP contribution in [0.2, 0.25) is 0 Å². The Balaban J connectivity index is 1.51. The number of benzene rings is 1. The molecule has 3 heterocycles. The Bertz CT molecular complexity index is 1090. The van der Waals surface area contributed by atoms with Crippen LogP contribution >= 0.6 is 0 Å². The van der Waals surface area contributed by atoms with Gasteiger partial charge in [0.2, 0.25) is 10.0 Å². The Morgan fingerprint density at radius 1 is 1.03 bits per heavy atom. The van der Waals surface area contributed by atoms with Crippen LogP contribution in [0, 0.1) is 6.92 Å². The molecule has 0 spiro atoms. The highest BCUT2D eigenvalue weighted by Crippen LogP contribution is 2.29. The summed E-state index contributed by atoms with van der Waals surface area (Å²) in [6.45, 7) is 3.65. The monoisotopic (exact) mass is 414 g/mol. The SMILES string of the molecule is COc1ccc(C)cc1S(=O)(=O)N1CCN(c2cc(-n3cccn3)ncn2)CC1. The summed E-state index contributed by atoms with van der Waals surface area (Å²) in [6.07, 6.45) is 4.99. The van der Waals surface area contributed by atoms with E-state index >= 15 is 0 Å². The lowest BCUT2D eigenvalue weighted by atomic mass is 10.2. The van der Waals surface area contributed by atoms with Crippen molar-refractivity contribution in [1.29, 1.82) is 0 Å². The third-order valence-electron chi connectivity index (χ3n) is 4.88. The second-order valence-corrected chi connectivity index (χ2v) is 8.64. The number of hydrogen-bond donors (Lipinski definition) is 0. The van der Waals surface area contributed by atoms with Crippen LogP contribution in [0.25, 0.3) is 5.82 Å². The van der Waals surface area contributed by atoms with Crippen LogP contribution in [0.4, 0.5) is 5.82 Å². The third kappa shape index (κ3) is 3.81. The second kappa shape index (κ2) is 7.80. The number of nitrogens with zero attached hydrogens (tertiary/aromatic N) is 6. The molecule has 1 saturated heterocycles. The van der Waals surface area contributed by atoms with Gasteiger partial charge in [0.1, 0.15) is 22.8 Å². The summed E-state index contributed by atoms with van der Waals surface area (Å²) < 4.78 is 34.8. The van der Waals surface area contributed by atoms with Gasteiger partial charge in [-0.25, -0.2) is 23.1 Å². The minimum Gasteiger partial charge on any atom is -0.495 e. The lowest BCUT2D eigenvalue weighted by Gasteiger charge is -2.34. The molecule has 0 saturated carbocycles. The first-order chi connectivity index (χ1) is 14.0. The molecule has 0 N–H and O–H groups in total. The molecular formula is C19H22N6O3S. The fraction of sp³-hybridized carbons (Fsp3) is 0.316. The smallest absolute Gasteiger partial charge is 0.246 e. The van der Waals surface area contributed by atoms with Crippen molar-refractivity contribution < 1.29 is 13.2 Å². The molecule has 1 aliphatic rings. The van der Waals surface area contributed by atoms with Crippen molar-refractivity contribution >= 4 is 15.8 Å². The molecule has 1 fully saturated rings. The number of rotatable bonds is 5. The number of anilines is 1. The van der Waals surface area contributed by atoms with Crippen LogP contribution in [0.3, 0.4) is 0 Å². The van der Waals surface area contributed by atoms with Crippen molar-refractivity contribution in [2.45, 2.75) is 11.8 Å². The number of methoxy groups -OCH3 is 1. The van der Waals surface area contributed by atoms with Crippen molar-refractivity contribution in [2.75, 3.05) is 38.2 Å². The van der Waals surface area contributed by atoms with Crippen LogP contribution < -0.4 is 9.64 Å². The van der Waals surface area contributed by atoms with Gasteiger partial charge >= 0.3 is 0 Å². The van der Waals surface area contributed by atoms with E-state index in [1.807, 2.05) is 36.2 Å². The summed E-state index contributed by atoms with van der Waals surface area (Å²) in [4.78, 5) is 10.8. The van der Waals surface area contributed by atoms with Crippen molar-refractivity contribution in [3.05, 3.63) is 54.6 Å². The predicted octanol–water partition coefficient (Wildman–Crippen LogP) is 1.49. The van der Waals surface area contributed by atoms with Gasteiger partial charge in [-0.3, -0.25) is 0 Å². The van der Waals surface area contributed by atoms with Gasteiger partial charge in [0, 0.05) is 44.6 Å². The van der Waals surface area contributed by atoms with E-state index in [4.69, 9.17) is 4.74 Å². The molecule has 0 radical (unpaired) electrons. The summed E-state index contributed by atoms with van der Waals surface area (Å²) in [5, 5.41) is 4.18. The number of hydrogen-bond acceptors (Lipinski definition) is 7. The molecule has 1 aromatic carbocycles. The first-order valence-electron chi connectivity index (χ1n) is 9.21. The summed E-state index contributed by atoms with van der Waals surface area (Å²) in [7, 11) is -2.16. The molecule has 0 bridgehead atoms. The van der Waals surface area contributed by atoms with Crippen molar-refractivity contribution in [1.82, 2.24) is 24.1 Å². The number of aromatic nitrogens is 4. The maximum absolute atomic E-state index is 13.2. The molecule has 4 rings (SSSR count). The zero-order chi connectivity index (χ0) is 20.4. The van der Waals surface area contributed by atoms with Gasteiger partial charge < -0.3 is 9.64 Å². The number of sulfonamides is 1. The average Bonchev–Trinajstić information content (AvgIpc) is 3.29. The van der Waals surface area contributed by atoms with E-state index in [9.17, 15) is 8.42 Å². The van der Waals surface area contributed by atoms with Crippen LogP contribution in [0.5, 0.6) is 5.75 Å². The molecule has 3 aromatic rings. The standard InChI is InChI=1S/C19H22N6O3S/c1-15-4-5-16(28-2)17(12-15)29(26,27)24-10-8-23(9-11-24)18-13-19(21-14-20-18)25-7-3-6-22-25/h3-7,12-14H,8-11H2,1-2H3. The molecule has 10 heteroatoms. The maximum atomic E-state index is 13.2. The number of ether oxygens (including phenoxy) is 1. The molecule has 2 aromatic heterocycles. The zero-order valence-corrected chi connectivity index (χ0v) is 17.1. The molecule has 0 atom stereocenters. The largest absolute Gasteiger partial charge is 0.495 e. The van der Waals surface area contributed by atoms with Crippen molar-refractivity contribution in [3.63, 3.8) is 0 Å². The van der Waals surface area contributed by atoms with E-state index in [1.54, 1.807) is 23.0 Å². The average molecular weight is 414 g/mol. The Morgan fingerprint density at radius 2 is 1.79 bits per heavy atom. The van der Waals surface area contributed by atoms with Crippen molar-refractivity contribution in [2.24, 2.45) is 0 Å². The van der Waals surface area contributed by atoms with Gasteiger partial charge in [0.15, 0.2) is 5.82 Å². The first kappa shape index (κ1) is 19.3. The Kier molecular flexibility index (Phi) is 5.20. The van der Waals surface area contributed by atoms with Gasteiger partial charge in [-0.05, 0) is 30.7 Å². The van der Waals surface area contributed by atoms with E-state index in [2.05, 4.69) is 15.1 Å². The van der Waals surface area contributed by atoms with E-state index in [-0.39, 0.29) is 4.90 Å². The third-order valence-corrected chi connectivity index (χ3v) is 6.80. The van der Waals surface area contributed by atoms with Crippen LogP contribution in [-0.4, -0.2) is 65.8 Å². The van der Waals surface area contributed by atoms with E-state index in [0.717, 1.165) is 11.4 Å². The summed E-state index contributed by atoms with van der Waals surface area (Å²) in [5.41, 5.74) is 0.871. The number of piperazine rings is 1. The molecular weight excluding hydrogens is 392 g/mol. The molecule has 152 valence electrons. The Hall–Kier alpha value is -2.98. The Morgan fingerprint density at radius 3 is 2.48 bits per heavy atom. The fourth-order valence-corrected chi connectivity index (χ4v) is 4.98. The van der Waals surface area contributed by atoms with Gasteiger partial charge in [-0.2, -0.15) is 9.40 Å². The molecule has 9 nitrogen and oxygen atoms in total. The predicted molar refractivity (Wildman–Crippen MR) is 108 cm³/mol. The van der Waals surface area contributed by atoms with Gasteiger partial charge in [0.05, 0.1) is 7.11 Å². The highest BCUT2D eigenvalue weighted by molar-refractivity contribution is 7.89. The zero-order valence-electron chi connectivity index (χ0n) is 16.3. The minimum atomic E-state index is -3.64. The van der Waals surface area contributed by atoms with Crippen LogP contribution in [0.15, 0.2) is 53.9 Å². The summed E-state index contributed by atoms with van der Waals surface area (Å²) in [5.74, 6) is 1.77. The van der Waals surface area contributed by atoms with E-state index in [0.29, 0.717) is 37.7 Å². The minimum absolute atomic E-state index is 0.205. The van der Waals surface area contributed by atoms with Gasteiger partial charge in [-0.1, -0.05) is 6.07 Å². The highest BCUT2D eigenvalue weighted by Gasteiger charge is 2.31. The lowest BCUT2D eigenvalue weighted by Crippen LogP contribution is -2.49. The Labute approximate surface area is 169 Å². The fourth-order valence-electron chi connectivity index (χ4n) is 3.32. The van der Waals surface area contributed by atoms with Crippen molar-refractivity contribution in [3.8, 4) is 11.6 Å². The molecule has 0 unspecified atom stereocenters. The number of aryl methyl sites for hydroxylation is 1. The molecule has 29 heavy (non-hydrogen) atoms. The topological polar surface area (TPSA) is 93.5 Å². The van der Waals surface area contributed by atoms with Gasteiger partial charge in [0.25, 0.3) is 0 Å². The van der Waals surface area contributed by atoms with Crippen LogP contribution in [-0.2, 0) is 10.0 Å². The van der Waals surface area contributed by atoms with Crippen LogP contribution in [0.1, 0.15) is 5.56 Å². The molecule has 0 amide bonds. The summed E-state index contributed by atoms with van der Waals surface area (Å²) in [6, 6.07) is 8.85. The van der Waals surface area contributed by atoms with E-state index < -0.39 is 10.0 Å².